The van der Waals surface area contributed by atoms with Crippen LogP contribution in [0.15, 0.2) is 90.6 Å². The number of aliphatic hydroxyl groups excluding tert-OH is 2. The van der Waals surface area contributed by atoms with Gasteiger partial charge in [0.25, 0.3) is 11.8 Å². The van der Waals surface area contributed by atoms with Crippen LogP contribution >= 0.6 is 11.3 Å². The minimum absolute atomic E-state index is 0.162. The fourth-order valence-electron chi connectivity index (χ4n) is 4.86. The number of hydrogen-bond acceptors (Lipinski definition) is 6. The Labute approximate surface area is 225 Å². The molecule has 38 heavy (non-hydrogen) atoms. The van der Waals surface area contributed by atoms with Gasteiger partial charge in [0.05, 0.1) is 6.04 Å². The summed E-state index contributed by atoms with van der Waals surface area (Å²) in [6.45, 7) is 0.637. The van der Waals surface area contributed by atoms with E-state index in [0.717, 1.165) is 45.5 Å². The van der Waals surface area contributed by atoms with Gasteiger partial charge in [-0.2, -0.15) is 0 Å². The Hall–Kier alpha value is -3.85. The lowest BCUT2D eigenvalue weighted by atomic mass is 10.0. The molecule has 1 aliphatic rings. The van der Waals surface area contributed by atoms with Crippen LogP contribution in [-0.2, 0) is 16.1 Å². The van der Waals surface area contributed by atoms with Crippen molar-refractivity contribution in [2.45, 2.75) is 37.6 Å². The van der Waals surface area contributed by atoms with Crippen LogP contribution in [-0.4, -0.2) is 50.7 Å². The van der Waals surface area contributed by atoms with E-state index in [1.165, 1.54) is 0 Å². The first-order valence-electron chi connectivity index (χ1n) is 12.6. The maximum Gasteiger partial charge on any atom is 0.255 e. The van der Waals surface area contributed by atoms with Gasteiger partial charge >= 0.3 is 0 Å². The average Bonchev–Trinajstić information content (AvgIpc) is 3.66. The maximum atomic E-state index is 13.0. The van der Waals surface area contributed by atoms with Crippen LogP contribution in [0.4, 0.5) is 0 Å². The van der Waals surface area contributed by atoms with Crippen LogP contribution in [0.25, 0.3) is 21.6 Å². The van der Waals surface area contributed by atoms with Crippen molar-refractivity contribution in [1.82, 2.24) is 15.2 Å². The summed E-state index contributed by atoms with van der Waals surface area (Å²) in [5.74, 6) is -1.42. The van der Waals surface area contributed by atoms with Crippen LogP contribution in [0.3, 0.4) is 0 Å². The number of rotatable bonds is 8. The van der Waals surface area contributed by atoms with Crippen molar-refractivity contribution in [3.8, 4) is 21.6 Å². The lowest BCUT2D eigenvalue weighted by molar-refractivity contribution is -0.153. The van der Waals surface area contributed by atoms with Gasteiger partial charge in [-0.15, -0.1) is 11.3 Å². The summed E-state index contributed by atoms with van der Waals surface area (Å²) in [5, 5.41) is 25.7. The largest absolute Gasteiger partial charge is 0.380 e. The van der Waals surface area contributed by atoms with Gasteiger partial charge in [-0.3, -0.25) is 14.6 Å². The second-order valence-electron chi connectivity index (χ2n) is 9.30. The summed E-state index contributed by atoms with van der Waals surface area (Å²) in [6.07, 6.45) is 1.44. The molecule has 1 saturated heterocycles. The SMILES string of the molecule is O=C(NCc1ccc(-c2sccc2-c2ccncc2)cc1)[C@H](O)[C@@H](O)C(=O)N1CCCC1c1ccccc1. The first-order valence-corrected chi connectivity index (χ1v) is 13.5. The molecular formula is C30H29N3O4S. The van der Waals surface area contributed by atoms with Gasteiger partial charge in [0.1, 0.15) is 0 Å². The van der Waals surface area contributed by atoms with Gasteiger partial charge < -0.3 is 20.4 Å². The third-order valence-corrected chi connectivity index (χ3v) is 7.84. The standard InChI is InChI=1S/C30H29N3O4S/c34-26(27(35)30(37)33-17-4-7-25(33)22-5-2-1-3-6-22)29(36)32-19-20-8-10-23(11-9-20)28-24(14-18-38-28)21-12-15-31-16-13-21/h1-3,5-6,8-16,18,25-27,34-35H,4,7,17,19H2,(H,32,36)/t25?,26-,27-/m1/s1. The molecular weight excluding hydrogens is 498 g/mol. The number of amides is 2. The second kappa shape index (κ2) is 11.7. The number of aliphatic hydroxyl groups is 2. The summed E-state index contributed by atoms with van der Waals surface area (Å²) in [5.41, 5.74) is 5.09. The quantitative estimate of drug-likeness (QED) is 0.319. The number of thiophene rings is 1. The number of aromatic nitrogens is 1. The van der Waals surface area contributed by atoms with Crippen LogP contribution in [0.2, 0.25) is 0 Å². The van der Waals surface area contributed by atoms with E-state index in [9.17, 15) is 19.8 Å². The number of benzene rings is 2. The van der Waals surface area contributed by atoms with Gasteiger partial charge in [-0.1, -0.05) is 54.6 Å². The average molecular weight is 528 g/mol. The molecule has 1 unspecified atom stereocenters. The molecule has 8 heteroatoms. The molecule has 0 radical (unpaired) electrons. The van der Waals surface area contributed by atoms with E-state index in [0.29, 0.717) is 6.54 Å². The van der Waals surface area contributed by atoms with E-state index >= 15 is 0 Å². The summed E-state index contributed by atoms with van der Waals surface area (Å²) in [7, 11) is 0. The molecule has 2 aromatic heterocycles. The van der Waals surface area contributed by atoms with E-state index in [4.69, 9.17) is 0 Å². The van der Waals surface area contributed by atoms with Crippen LogP contribution < -0.4 is 5.32 Å². The van der Waals surface area contributed by atoms with Gasteiger partial charge in [-0.05, 0) is 58.7 Å². The van der Waals surface area contributed by atoms with Crippen molar-refractivity contribution >= 4 is 23.2 Å². The normalized spacial score (nSPS) is 16.7. The van der Waals surface area contributed by atoms with Crippen molar-refractivity contribution < 1.29 is 19.8 Å². The number of hydrogen-bond donors (Lipinski definition) is 3. The van der Waals surface area contributed by atoms with E-state index in [2.05, 4.69) is 21.7 Å². The molecule has 3 heterocycles. The molecule has 0 aliphatic carbocycles. The predicted molar refractivity (Wildman–Crippen MR) is 147 cm³/mol. The zero-order valence-corrected chi connectivity index (χ0v) is 21.6. The number of pyridine rings is 1. The fraction of sp³-hybridized carbons (Fsp3) is 0.233. The van der Waals surface area contributed by atoms with Gasteiger partial charge in [-0.25, -0.2) is 0 Å². The molecule has 1 aliphatic heterocycles. The van der Waals surface area contributed by atoms with Crippen molar-refractivity contribution in [2.24, 2.45) is 0 Å². The van der Waals surface area contributed by atoms with Crippen molar-refractivity contribution in [3.63, 3.8) is 0 Å². The van der Waals surface area contributed by atoms with Crippen LogP contribution in [0.1, 0.15) is 30.0 Å². The zero-order chi connectivity index (χ0) is 26.5. The Balaban J connectivity index is 1.18. The summed E-state index contributed by atoms with van der Waals surface area (Å²) in [4.78, 5) is 32.3. The Kier molecular flexibility index (Phi) is 7.93. The van der Waals surface area contributed by atoms with Gasteiger partial charge in [0.15, 0.2) is 12.2 Å². The lowest BCUT2D eigenvalue weighted by Crippen LogP contribution is -2.50. The third-order valence-electron chi connectivity index (χ3n) is 6.88. The highest BCUT2D eigenvalue weighted by Gasteiger charge is 2.38. The van der Waals surface area contributed by atoms with Crippen molar-refractivity contribution in [3.05, 3.63) is 102 Å². The topological polar surface area (TPSA) is 103 Å². The molecule has 1 fully saturated rings. The fourth-order valence-corrected chi connectivity index (χ4v) is 5.79. The molecule has 194 valence electrons. The number of likely N-dealkylation sites (tertiary alicyclic amines) is 1. The van der Waals surface area contributed by atoms with Crippen molar-refractivity contribution in [2.75, 3.05) is 6.54 Å². The second-order valence-corrected chi connectivity index (χ2v) is 10.2. The summed E-state index contributed by atoms with van der Waals surface area (Å²) >= 11 is 1.65. The zero-order valence-electron chi connectivity index (χ0n) is 20.7. The Morgan fingerprint density at radius 2 is 1.68 bits per heavy atom. The Morgan fingerprint density at radius 3 is 2.42 bits per heavy atom. The number of nitrogens with one attached hydrogen (secondary N) is 1. The predicted octanol–water partition coefficient (Wildman–Crippen LogP) is 4.18. The van der Waals surface area contributed by atoms with Crippen LogP contribution in [0, 0.1) is 0 Å². The van der Waals surface area contributed by atoms with E-state index in [-0.39, 0.29) is 12.6 Å². The van der Waals surface area contributed by atoms with Crippen LogP contribution in [0.5, 0.6) is 0 Å². The number of carbonyl (C=O) groups is 2. The first kappa shape index (κ1) is 25.8. The molecule has 0 spiro atoms. The Bertz CT molecular complexity index is 1380. The monoisotopic (exact) mass is 527 g/mol. The molecule has 7 nitrogen and oxygen atoms in total. The summed E-state index contributed by atoms with van der Waals surface area (Å²) < 4.78 is 0. The highest BCUT2D eigenvalue weighted by atomic mass is 32.1. The van der Waals surface area contributed by atoms with Gasteiger partial charge in [0.2, 0.25) is 0 Å². The van der Waals surface area contributed by atoms with Crippen molar-refractivity contribution in [1.29, 1.82) is 0 Å². The lowest BCUT2D eigenvalue weighted by Gasteiger charge is -2.28. The van der Waals surface area contributed by atoms with E-state index in [1.807, 2.05) is 66.7 Å². The molecule has 3 N–H and O–H groups in total. The summed E-state index contributed by atoms with van der Waals surface area (Å²) in [6, 6.07) is 23.3. The highest BCUT2D eigenvalue weighted by Crippen LogP contribution is 2.36. The molecule has 2 amide bonds. The maximum absolute atomic E-state index is 13.0. The van der Waals surface area contributed by atoms with Gasteiger partial charge in [0, 0.05) is 35.9 Å². The number of nitrogens with zero attached hydrogens (tertiary/aromatic N) is 2. The molecule has 5 rings (SSSR count). The van der Waals surface area contributed by atoms with E-state index < -0.39 is 24.0 Å². The molecule has 4 aromatic rings. The minimum atomic E-state index is -1.85. The molecule has 0 bridgehead atoms. The minimum Gasteiger partial charge on any atom is -0.380 e. The molecule has 0 saturated carbocycles. The molecule has 2 aromatic carbocycles. The van der Waals surface area contributed by atoms with E-state index in [1.54, 1.807) is 28.6 Å². The smallest absolute Gasteiger partial charge is 0.255 e. The third kappa shape index (κ3) is 5.52. The Morgan fingerprint density at radius 1 is 0.947 bits per heavy atom. The first-order chi connectivity index (χ1) is 18.5. The highest BCUT2D eigenvalue weighted by molar-refractivity contribution is 7.14. The number of carbonyl (C=O) groups excluding carboxylic acids is 2. The molecule has 3 atom stereocenters.